The lowest BCUT2D eigenvalue weighted by atomic mass is 10.2. The van der Waals surface area contributed by atoms with Crippen LogP contribution in [0.2, 0.25) is 0 Å². The van der Waals surface area contributed by atoms with Gasteiger partial charge in [-0.15, -0.1) is 0 Å². The van der Waals surface area contributed by atoms with E-state index in [2.05, 4.69) is 20.0 Å². The first-order valence-corrected chi connectivity index (χ1v) is 6.77. The first kappa shape index (κ1) is 13.7. The van der Waals surface area contributed by atoms with E-state index in [1.165, 1.54) is 12.1 Å². The molecule has 1 heterocycles. The molecule has 0 bridgehead atoms. The lowest BCUT2D eigenvalue weighted by Crippen LogP contribution is -2.02. The van der Waals surface area contributed by atoms with E-state index in [0.717, 1.165) is 29.9 Å². The number of hydrogen-bond acceptors (Lipinski definition) is 4. The lowest BCUT2D eigenvalue weighted by molar-refractivity contribution is -0.0498. The summed E-state index contributed by atoms with van der Waals surface area (Å²) in [6.45, 7) is -2.82. The second-order valence-corrected chi connectivity index (χ2v) is 4.93. The van der Waals surface area contributed by atoms with Crippen LogP contribution in [0.15, 0.2) is 30.3 Å². The van der Waals surface area contributed by atoms with E-state index in [1.54, 1.807) is 12.1 Å². The van der Waals surface area contributed by atoms with Crippen molar-refractivity contribution in [2.75, 3.05) is 12.4 Å². The van der Waals surface area contributed by atoms with E-state index in [-0.39, 0.29) is 5.75 Å². The highest BCUT2D eigenvalue weighted by molar-refractivity contribution is 5.59. The number of alkyl halides is 2. The number of rotatable bonds is 5. The molecule has 1 aromatic carbocycles. The molecule has 1 fully saturated rings. The number of benzene rings is 1. The van der Waals surface area contributed by atoms with Gasteiger partial charge in [-0.2, -0.15) is 8.78 Å². The van der Waals surface area contributed by atoms with Crippen LogP contribution >= 0.6 is 0 Å². The summed E-state index contributed by atoms with van der Waals surface area (Å²) in [5.41, 5.74) is 1.80. The summed E-state index contributed by atoms with van der Waals surface area (Å²) >= 11 is 0. The smallest absolute Gasteiger partial charge is 0.387 e. The van der Waals surface area contributed by atoms with Gasteiger partial charge in [-0.3, -0.25) is 0 Å². The highest BCUT2D eigenvalue weighted by Gasteiger charge is 2.26. The maximum Gasteiger partial charge on any atom is 0.387 e. The maximum absolute atomic E-state index is 12.1. The van der Waals surface area contributed by atoms with E-state index in [1.807, 2.05) is 13.1 Å². The Morgan fingerprint density at radius 3 is 2.48 bits per heavy atom. The van der Waals surface area contributed by atoms with Gasteiger partial charge < -0.3 is 10.1 Å². The standard InChI is InChI=1S/C15H15F2N3O/c1-18-13-8-12(9-2-3-9)19-14(20-13)10-4-6-11(7-5-10)21-15(16)17/h4-9,15H,2-3H2,1H3,(H,18,19,20). The molecule has 21 heavy (non-hydrogen) atoms. The van der Waals surface area contributed by atoms with Gasteiger partial charge in [0, 0.05) is 30.3 Å². The molecule has 4 nitrogen and oxygen atoms in total. The highest BCUT2D eigenvalue weighted by Crippen LogP contribution is 2.40. The van der Waals surface area contributed by atoms with Gasteiger partial charge in [0.25, 0.3) is 0 Å². The summed E-state index contributed by atoms with van der Waals surface area (Å²) in [5.74, 6) is 1.99. The van der Waals surface area contributed by atoms with Crippen molar-refractivity contribution in [3.05, 3.63) is 36.0 Å². The average molecular weight is 291 g/mol. The van der Waals surface area contributed by atoms with Gasteiger partial charge in [-0.25, -0.2) is 9.97 Å². The molecular weight excluding hydrogens is 276 g/mol. The van der Waals surface area contributed by atoms with Crippen molar-refractivity contribution < 1.29 is 13.5 Å². The van der Waals surface area contributed by atoms with Crippen LogP contribution < -0.4 is 10.1 Å². The van der Waals surface area contributed by atoms with Crippen molar-refractivity contribution in [3.63, 3.8) is 0 Å². The largest absolute Gasteiger partial charge is 0.435 e. The molecule has 1 N–H and O–H groups in total. The second kappa shape index (κ2) is 5.63. The number of nitrogens with one attached hydrogen (secondary N) is 1. The summed E-state index contributed by atoms with van der Waals surface area (Å²) in [7, 11) is 1.81. The summed E-state index contributed by atoms with van der Waals surface area (Å²) in [5, 5.41) is 3.02. The molecule has 1 aromatic heterocycles. The number of anilines is 1. The van der Waals surface area contributed by atoms with Crippen LogP contribution in [-0.2, 0) is 0 Å². The molecule has 0 radical (unpaired) electrons. The number of hydrogen-bond donors (Lipinski definition) is 1. The predicted molar refractivity (Wildman–Crippen MR) is 75.6 cm³/mol. The van der Waals surface area contributed by atoms with E-state index >= 15 is 0 Å². The van der Waals surface area contributed by atoms with Crippen LogP contribution in [0.25, 0.3) is 11.4 Å². The number of halogens is 2. The Balaban J connectivity index is 1.90. The Kier molecular flexibility index (Phi) is 3.68. The molecule has 0 saturated heterocycles. The molecule has 0 spiro atoms. The van der Waals surface area contributed by atoms with Crippen LogP contribution in [-0.4, -0.2) is 23.6 Å². The number of nitrogens with zero attached hydrogens (tertiary/aromatic N) is 2. The monoisotopic (exact) mass is 291 g/mol. The third-order valence-electron chi connectivity index (χ3n) is 3.34. The van der Waals surface area contributed by atoms with Crippen LogP contribution in [0.1, 0.15) is 24.5 Å². The Bertz CT molecular complexity index is 627. The van der Waals surface area contributed by atoms with E-state index < -0.39 is 6.61 Å². The lowest BCUT2D eigenvalue weighted by Gasteiger charge is -2.08. The Morgan fingerprint density at radius 2 is 1.90 bits per heavy atom. The van der Waals surface area contributed by atoms with Crippen LogP contribution in [0.5, 0.6) is 5.75 Å². The minimum Gasteiger partial charge on any atom is -0.435 e. The SMILES string of the molecule is CNc1cc(C2CC2)nc(-c2ccc(OC(F)F)cc2)n1. The summed E-state index contributed by atoms with van der Waals surface area (Å²) in [6.07, 6.45) is 2.31. The number of ether oxygens (including phenoxy) is 1. The van der Waals surface area contributed by atoms with Crippen LogP contribution in [0.3, 0.4) is 0 Å². The van der Waals surface area contributed by atoms with Crippen molar-refractivity contribution in [1.29, 1.82) is 0 Å². The van der Waals surface area contributed by atoms with Crippen LogP contribution in [0, 0.1) is 0 Å². The number of aromatic nitrogens is 2. The molecule has 110 valence electrons. The van der Waals surface area contributed by atoms with Gasteiger partial charge in [0.1, 0.15) is 11.6 Å². The van der Waals surface area contributed by atoms with Gasteiger partial charge in [0.2, 0.25) is 0 Å². The zero-order chi connectivity index (χ0) is 14.8. The van der Waals surface area contributed by atoms with Crippen LogP contribution in [0.4, 0.5) is 14.6 Å². The summed E-state index contributed by atoms with van der Waals surface area (Å²) in [4.78, 5) is 8.98. The zero-order valence-corrected chi connectivity index (χ0v) is 11.5. The van der Waals surface area contributed by atoms with E-state index in [0.29, 0.717) is 11.7 Å². The molecule has 3 rings (SSSR count). The summed E-state index contributed by atoms with van der Waals surface area (Å²) in [6, 6.07) is 8.31. The highest BCUT2D eigenvalue weighted by atomic mass is 19.3. The van der Waals surface area contributed by atoms with E-state index in [4.69, 9.17) is 0 Å². The second-order valence-electron chi connectivity index (χ2n) is 4.93. The third-order valence-corrected chi connectivity index (χ3v) is 3.34. The molecule has 0 atom stereocenters. The van der Waals surface area contributed by atoms with Crippen molar-refractivity contribution >= 4 is 5.82 Å². The first-order valence-electron chi connectivity index (χ1n) is 6.77. The molecule has 1 aliphatic carbocycles. The molecule has 2 aromatic rings. The molecule has 1 aliphatic rings. The topological polar surface area (TPSA) is 47.0 Å². The zero-order valence-electron chi connectivity index (χ0n) is 11.5. The Labute approximate surface area is 121 Å². The van der Waals surface area contributed by atoms with Gasteiger partial charge in [0.05, 0.1) is 0 Å². The fourth-order valence-electron chi connectivity index (χ4n) is 2.10. The Hall–Kier alpha value is -2.24. The Morgan fingerprint density at radius 1 is 1.19 bits per heavy atom. The molecule has 1 saturated carbocycles. The molecule has 0 unspecified atom stereocenters. The van der Waals surface area contributed by atoms with Gasteiger partial charge in [-0.05, 0) is 37.1 Å². The minimum atomic E-state index is -2.82. The van der Waals surface area contributed by atoms with Crippen molar-refractivity contribution in [2.45, 2.75) is 25.4 Å². The van der Waals surface area contributed by atoms with Gasteiger partial charge >= 0.3 is 6.61 Å². The fraction of sp³-hybridized carbons (Fsp3) is 0.333. The van der Waals surface area contributed by atoms with Crippen molar-refractivity contribution in [1.82, 2.24) is 9.97 Å². The van der Waals surface area contributed by atoms with Gasteiger partial charge in [0.15, 0.2) is 5.82 Å². The predicted octanol–water partition coefficient (Wildman–Crippen LogP) is 3.66. The quantitative estimate of drug-likeness (QED) is 0.913. The molecule has 6 heteroatoms. The fourth-order valence-corrected chi connectivity index (χ4v) is 2.10. The minimum absolute atomic E-state index is 0.126. The average Bonchev–Trinajstić information content (AvgIpc) is 3.31. The van der Waals surface area contributed by atoms with Gasteiger partial charge in [-0.1, -0.05) is 0 Å². The first-order chi connectivity index (χ1) is 10.2. The van der Waals surface area contributed by atoms with Crippen molar-refractivity contribution in [3.8, 4) is 17.1 Å². The normalized spacial score (nSPS) is 14.3. The van der Waals surface area contributed by atoms with E-state index in [9.17, 15) is 8.78 Å². The summed E-state index contributed by atoms with van der Waals surface area (Å²) < 4.78 is 28.6. The molecule has 0 amide bonds. The maximum atomic E-state index is 12.1. The molecule has 0 aliphatic heterocycles. The van der Waals surface area contributed by atoms with Crippen molar-refractivity contribution in [2.24, 2.45) is 0 Å². The third kappa shape index (κ3) is 3.26. The molecular formula is C15H15F2N3O.